The average molecular weight is 509 g/mol. The molecule has 1 amide bonds. The first kappa shape index (κ1) is 22.5. The molecule has 2 aliphatic rings. The van der Waals surface area contributed by atoms with E-state index in [1.54, 1.807) is 24.5 Å². The predicted octanol–water partition coefficient (Wildman–Crippen LogP) is 4.06. The number of H-pyrrole nitrogens is 1. The summed E-state index contributed by atoms with van der Waals surface area (Å²) in [6.45, 7) is 3.28. The Bertz CT molecular complexity index is 1350. The number of hydrogen-bond donors (Lipinski definition) is 1. The number of piperidine rings is 1. The van der Waals surface area contributed by atoms with Crippen molar-refractivity contribution < 1.29 is 4.79 Å². The van der Waals surface area contributed by atoms with Gasteiger partial charge < -0.3 is 9.88 Å². The van der Waals surface area contributed by atoms with Gasteiger partial charge in [0.05, 0.1) is 18.3 Å². The van der Waals surface area contributed by atoms with Crippen LogP contribution < -0.4 is 0 Å². The number of nitrogens with zero attached hydrogens (tertiary/aromatic N) is 6. The normalized spacial score (nSPS) is 17.7. The molecule has 8 nitrogen and oxygen atoms in total. The molecule has 1 N–H and O–H groups in total. The molecule has 0 bridgehead atoms. The first-order valence-corrected chi connectivity index (χ1v) is 12.5. The van der Waals surface area contributed by atoms with E-state index in [0.29, 0.717) is 21.7 Å². The number of carbonyl (C=O) groups excluding carboxylic acids is 1. The lowest BCUT2D eigenvalue weighted by atomic mass is 9.97. The number of rotatable bonds is 5. The molecule has 2 aliphatic heterocycles. The Morgan fingerprint density at radius 3 is 2.63 bits per heavy atom. The third kappa shape index (κ3) is 4.30. The fourth-order valence-corrected chi connectivity index (χ4v) is 5.52. The molecule has 0 aliphatic carbocycles. The van der Waals surface area contributed by atoms with Gasteiger partial charge in [0.25, 0.3) is 0 Å². The maximum absolute atomic E-state index is 12.8. The summed E-state index contributed by atoms with van der Waals surface area (Å²) in [5.41, 5.74) is 3.40. The minimum Gasteiger partial charge on any atom is -0.346 e. The van der Waals surface area contributed by atoms with Crippen molar-refractivity contribution in [3.05, 3.63) is 70.8 Å². The zero-order valence-electron chi connectivity index (χ0n) is 19.0. The Kier molecular flexibility index (Phi) is 5.96. The van der Waals surface area contributed by atoms with Crippen molar-refractivity contribution in [1.82, 2.24) is 34.5 Å². The van der Waals surface area contributed by atoms with Crippen LogP contribution in [0, 0.1) is 6.04 Å². The monoisotopic (exact) mass is 508 g/mol. The number of aromatic nitrogens is 5. The maximum atomic E-state index is 12.8. The van der Waals surface area contributed by atoms with E-state index in [4.69, 9.17) is 23.2 Å². The highest BCUT2D eigenvalue weighted by Crippen LogP contribution is 2.31. The van der Waals surface area contributed by atoms with Gasteiger partial charge in [-0.2, -0.15) is 5.10 Å². The molecular weight excluding hydrogens is 485 g/mol. The lowest BCUT2D eigenvalue weighted by Gasteiger charge is -2.46. The summed E-state index contributed by atoms with van der Waals surface area (Å²) >= 11 is 12.5. The van der Waals surface area contributed by atoms with Crippen molar-refractivity contribution >= 4 is 40.1 Å². The summed E-state index contributed by atoms with van der Waals surface area (Å²) < 4.78 is 1.97. The third-order valence-corrected chi connectivity index (χ3v) is 7.74. The van der Waals surface area contributed by atoms with E-state index in [1.165, 1.54) is 6.04 Å². The van der Waals surface area contributed by atoms with Crippen molar-refractivity contribution in [3.8, 4) is 11.3 Å². The van der Waals surface area contributed by atoms with Crippen molar-refractivity contribution in [2.75, 3.05) is 26.2 Å². The van der Waals surface area contributed by atoms with E-state index < -0.39 is 0 Å². The van der Waals surface area contributed by atoms with Crippen LogP contribution in [0.5, 0.6) is 0 Å². The summed E-state index contributed by atoms with van der Waals surface area (Å²) in [5.74, 6) is 0.0830. The van der Waals surface area contributed by atoms with Gasteiger partial charge in [0.2, 0.25) is 5.91 Å². The molecule has 1 radical (unpaired) electrons. The molecule has 5 heterocycles. The number of likely N-dealkylation sites (tertiary alicyclic amines) is 2. The highest BCUT2D eigenvalue weighted by molar-refractivity contribution is 6.36. The lowest BCUT2D eigenvalue weighted by molar-refractivity contribution is -0.132. The van der Waals surface area contributed by atoms with Gasteiger partial charge in [-0.15, -0.1) is 0 Å². The third-order valence-electron chi connectivity index (χ3n) is 7.03. The number of carbonyl (C=O) groups is 1. The molecule has 35 heavy (non-hydrogen) atoms. The van der Waals surface area contributed by atoms with Crippen LogP contribution in [-0.2, 0) is 11.2 Å². The molecule has 0 unspecified atom stereocenters. The van der Waals surface area contributed by atoms with Crippen LogP contribution in [0.4, 0.5) is 0 Å². The molecule has 4 aromatic rings. The molecular formula is C25H24Cl2N7O. The second-order valence-electron chi connectivity index (χ2n) is 9.10. The summed E-state index contributed by atoms with van der Waals surface area (Å²) in [4.78, 5) is 29.1. The Morgan fingerprint density at radius 2 is 1.86 bits per heavy atom. The minimum absolute atomic E-state index is 0.0830. The van der Waals surface area contributed by atoms with Crippen molar-refractivity contribution in [1.29, 1.82) is 0 Å². The van der Waals surface area contributed by atoms with E-state index >= 15 is 0 Å². The Labute approximate surface area is 212 Å². The Morgan fingerprint density at radius 1 is 1.09 bits per heavy atom. The standard InChI is InChI=1S/C25H24Cl2N7O/c26-21-2-1-3-22(27)20(21)10-23(35)32-8-5-17(6-9-32)33-13-18(14-33)34-12-16(11-31-34)24-19-4-7-28-25(19)30-15-29-24/h1-4,7,11-12,15,17H,5-6,8-10,13-14H2,(H,28,29,30). The first-order valence-electron chi connectivity index (χ1n) is 11.7. The van der Waals surface area contributed by atoms with Gasteiger partial charge >= 0.3 is 0 Å². The molecule has 0 saturated carbocycles. The minimum atomic E-state index is 0.0830. The summed E-state index contributed by atoms with van der Waals surface area (Å²) in [7, 11) is 0. The van der Waals surface area contributed by atoms with E-state index in [0.717, 1.165) is 61.3 Å². The number of nitrogens with one attached hydrogen (secondary N) is 1. The molecule has 1 aromatic carbocycles. The number of benzene rings is 1. The van der Waals surface area contributed by atoms with Gasteiger partial charge in [0.1, 0.15) is 18.0 Å². The Hall–Kier alpha value is -2.94. The first-order chi connectivity index (χ1) is 17.1. The summed E-state index contributed by atoms with van der Waals surface area (Å²) in [6.07, 6.45) is 9.52. The van der Waals surface area contributed by atoms with Crippen LogP contribution >= 0.6 is 23.2 Å². The fourth-order valence-electron chi connectivity index (χ4n) is 4.99. The quantitative estimate of drug-likeness (QED) is 0.439. The van der Waals surface area contributed by atoms with Crippen LogP contribution in [0.1, 0.15) is 18.4 Å². The van der Waals surface area contributed by atoms with E-state index in [1.807, 2.05) is 34.2 Å². The van der Waals surface area contributed by atoms with Crippen molar-refractivity contribution in [2.24, 2.45) is 0 Å². The summed E-state index contributed by atoms with van der Waals surface area (Å²) in [6, 6.07) is 9.07. The number of aromatic amines is 1. The molecule has 2 fully saturated rings. The Balaban J connectivity index is 1.02. The zero-order chi connectivity index (χ0) is 23.9. The lowest BCUT2D eigenvalue weighted by Crippen LogP contribution is -2.56. The van der Waals surface area contributed by atoms with Crippen LogP contribution in [0.2, 0.25) is 10.0 Å². The van der Waals surface area contributed by atoms with Gasteiger partial charge in [-0.05, 0) is 36.6 Å². The largest absolute Gasteiger partial charge is 0.346 e. The molecule has 6 rings (SSSR count). The molecule has 10 heteroatoms. The highest BCUT2D eigenvalue weighted by Gasteiger charge is 2.37. The van der Waals surface area contributed by atoms with Gasteiger partial charge in [-0.25, -0.2) is 9.97 Å². The van der Waals surface area contributed by atoms with Crippen LogP contribution in [-0.4, -0.2) is 72.7 Å². The molecule has 0 atom stereocenters. The predicted molar refractivity (Wildman–Crippen MR) is 135 cm³/mol. The smallest absolute Gasteiger partial charge is 0.227 e. The van der Waals surface area contributed by atoms with Gasteiger partial charge in [-0.1, -0.05) is 29.3 Å². The number of hydrogen-bond acceptors (Lipinski definition) is 5. The number of fused-ring (bicyclic) bond motifs is 1. The van der Waals surface area contributed by atoms with Gasteiger partial charge in [-0.3, -0.25) is 14.4 Å². The molecule has 3 aromatic heterocycles. The van der Waals surface area contributed by atoms with Gasteiger partial charge in [0, 0.05) is 65.6 Å². The topological polar surface area (TPSA) is 82.9 Å². The SMILES string of the molecule is O=C(Cc1c(Cl)cccc1Cl)N1CCC(N2C[C](n3cc(-c4ncnc5[nH]ccc45)cn3)C2)CC1. The van der Waals surface area contributed by atoms with Gasteiger partial charge in [0.15, 0.2) is 0 Å². The van der Waals surface area contributed by atoms with Crippen LogP contribution in [0.25, 0.3) is 22.3 Å². The van der Waals surface area contributed by atoms with E-state index in [9.17, 15) is 4.79 Å². The second kappa shape index (κ2) is 9.26. The second-order valence-corrected chi connectivity index (χ2v) is 9.91. The zero-order valence-corrected chi connectivity index (χ0v) is 20.5. The average Bonchev–Trinajstić information content (AvgIpc) is 3.51. The molecule has 2 saturated heterocycles. The number of amides is 1. The maximum Gasteiger partial charge on any atom is 0.227 e. The molecule has 0 spiro atoms. The molecule has 179 valence electrons. The summed E-state index contributed by atoms with van der Waals surface area (Å²) in [5, 5.41) is 6.66. The number of halogens is 2. The highest BCUT2D eigenvalue weighted by atomic mass is 35.5. The van der Waals surface area contributed by atoms with Crippen molar-refractivity contribution in [2.45, 2.75) is 25.3 Å². The van der Waals surface area contributed by atoms with Crippen molar-refractivity contribution in [3.63, 3.8) is 0 Å². The van der Waals surface area contributed by atoms with E-state index in [2.05, 4.69) is 25.0 Å². The van der Waals surface area contributed by atoms with Crippen LogP contribution in [0.3, 0.4) is 0 Å². The van der Waals surface area contributed by atoms with Crippen LogP contribution in [0.15, 0.2) is 49.2 Å². The van der Waals surface area contributed by atoms with E-state index in [-0.39, 0.29) is 12.3 Å². The fraction of sp³-hybridized carbons (Fsp3) is 0.320.